The highest BCUT2D eigenvalue weighted by atomic mass is 16.2. The third kappa shape index (κ3) is 2.38. The van der Waals surface area contributed by atoms with Gasteiger partial charge in [0.1, 0.15) is 12.1 Å². The van der Waals surface area contributed by atoms with Crippen LogP contribution >= 0.6 is 0 Å². The molecule has 106 valence electrons. The minimum atomic E-state index is -0.398. The van der Waals surface area contributed by atoms with Gasteiger partial charge in [0.15, 0.2) is 0 Å². The van der Waals surface area contributed by atoms with E-state index >= 15 is 0 Å². The largest absolute Gasteiger partial charge is 0.343 e. The lowest BCUT2D eigenvalue weighted by Crippen LogP contribution is -2.68. The molecule has 2 saturated heterocycles. The second-order valence-electron chi connectivity index (χ2n) is 5.37. The topological polar surface area (TPSA) is 65.5 Å². The van der Waals surface area contributed by atoms with Crippen LogP contribution in [0.15, 0.2) is 24.5 Å². The number of amides is 2. The zero-order chi connectivity index (χ0) is 14.1. The standard InChI is InChI=1S/C14H18N4O2/c1-10-14(20)18-7-6-17(9-12(18)13(19)16-10)8-11-2-4-15-5-3-11/h2-5,10,12H,6-9H2,1H3,(H,16,19)/t10-,12+/m0/s1. The van der Waals surface area contributed by atoms with Crippen LogP contribution in [0.4, 0.5) is 0 Å². The number of fused-ring (bicyclic) bond motifs is 1. The molecule has 1 aromatic heterocycles. The van der Waals surface area contributed by atoms with E-state index in [1.165, 1.54) is 5.56 Å². The summed E-state index contributed by atoms with van der Waals surface area (Å²) in [6.07, 6.45) is 3.54. The van der Waals surface area contributed by atoms with Gasteiger partial charge in [-0.05, 0) is 24.6 Å². The van der Waals surface area contributed by atoms with E-state index in [-0.39, 0.29) is 17.9 Å². The highest BCUT2D eigenvalue weighted by Gasteiger charge is 2.41. The molecule has 6 nitrogen and oxygen atoms in total. The molecule has 3 rings (SSSR count). The Morgan fingerprint density at radius 2 is 2.05 bits per heavy atom. The molecule has 6 heteroatoms. The van der Waals surface area contributed by atoms with Crippen molar-refractivity contribution in [2.45, 2.75) is 25.6 Å². The molecule has 1 aromatic rings. The van der Waals surface area contributed by atoms with Gasteiger partial charge < -0.3 is 10.2 Å². The van der Waals surface area contributed by atoms with Gasteiger partial charge in [0, 0.05) is 38.6 Å². The Kier molecular flexibility index (Phi) is 3.40. The van der Waals surface area contributed by atoms with Crippen LogP contribution in [0, 0.1) is 0 Å². The van der Waals surface area contributed by atoms with Crippen molar-refractivity contribution in [2.75, 3.05) is 19.6 Å². The van der Waals surface area contributed by atoms with Gasteiger partial charge >= 0.3 is 0 Å². The van der Waals surface area contributed by atoms with E-state index in [0.29, 0.717) is 13.1 Å². The van der Waals surface area contributed by atoms with Crippen molar-refractivity contribution < 1.29 is 9.59 Å². The number of aromatic nitrogens is 1. The lowest BCUT2D eigenvalue weighted by molar-refractivity contribution is -0.152. The second kappa shape index (κ2) is 5.20. The summed E-state index contributed by atoms with van der Waals surface area (Å²) in [5, 5.41) is 2.75. The fraction of sp³-hybridized carbons (Fsp3) is 0.500. The van der Waals surface area contributed by atoms with Crippen molar-refractivity contribution in [1.29, 1.82) is 0 Å². The van der Waals surface area contributed by atoms with Crippen LogP contribution in [-0.4, -0.2) is 58.3 Å². The van der Waals surface area contributed by atoms with Gasteiger partial charge in [-0.1, -0.05) is 0 Å². The number of carbonyl (C=O) groups excluding carboxylic acids is 2. The summed E-state index contributed by atoms with van der Waals surface area (Å²) >= 11 is 0. The molecule has 20 heavy (non-hydrogen) atoms. The smallest absolute Gasteiger partial charge is 0.245 e. The lowest BCUT2D eigenvalue weighted by atomic mass is 10.0. The maximum Gasteiger partial charge on any atom is 0.245 e. The van der Waals surface area contributed by atoms with Crippen LogP contribution < -0.4 is 5.32 Å². The van der Waals surface area contributed by atoms with E-state index in [1.54, 1.807) is 24.2 Å². The molecule has 0 spiro atoms. The number of rotatable bonds is 2. The van der Waals surface area contributed by atoms with Gasteiger partial charge in [-0.15, -0.1) is 0 Å². The van der Waals surface area contributed by atoms with Crippen molar-refractivity contribution in [3.8, 4) is 0 Å². The summed E-state index contributed by atoms with van der Waals surface area (Å²) in [4.78, 5) is 32.0. The van der Waals surface area contributed by atoms with Gasteiger partial charge in [-0.2, -0.15) is 0 Å². The number of piperazine rings is 2. The van der Waals surface area contributed by atoms with Crippen molar-refractivity contribution in [1.82, 2.24) is 20.1 Å². The van der Waals surface area contributed by atoms with E-state index in [4.69, 9.17) is 0 Å². The van der Waals surface area contributed by atoms with E-state index in [1.807, 2.05) is 12.1 Å². The Labute approximate surface area is 117 Å². The number of hydrogen-bond donors (Lipinski definition) is 1. The molecule has 0 bridgehead atoms. The number of hydrogen-bond acceptors (Lipinski definition) is 4. The van der Waals surface area contributed by atoms with Gasteiger partial charge in [-0.25, -0.2) is 0 Å². The predicted molar refractivity (Wildman–Crippen MR) is 72.6 cm³/mol. The molecular weight excluding hydrogens is 256 g/mol. The fourth-order valence-corrected chi connectivity index (χ4v) is 2.84. The third-order valence-corrected chi connectivity index (χ3v) is 3.93. The van der Waals surface area contributed by atoms with Crippen LogP contribution in [0.25, 0.3) is 0 Å². The van der Waals surface area contributed by atoms with Gasteiger partial charge in [0.25, 0.3) is 0 Å². The van der Waals surface area contributed by atoms with Crippen molar-refractivity contribution in [3.05, 3.63) is 30.1 Å². The summed E-state index contributed by atoms with van der Waals surface area (Å²) in [6, 6.07) is 3.20. The Balaban J connectivity index is 1.69. The van der Waals surface area contributed by atoms with Crippen LogP contribution in [0.1, 0.15) is 12.5 Å². The first kappa shape index (κ1) is 13.1. The molecule has 0 saturated carbocycles. The summed E-state index contributed by atoms with van der Waals surface area (Å²) < 4.78 is 0. The highest BCUT2D eigenvalue weighted by Crippen LogP contribution is 2.17. The summed E-state index contributed by atoms with van der Waals surface area (Å²) in [5.41, 5.74) is 1.17. The lowest BCUT2D eigenvalue weighted by Gasteiger charge is -2.44. The second-order valence-corrected chi connectivity index (χ2v) is 5.37. The number of nitrogens with zero attached hydrogens (tertiary/aromatic N) is 3. The van der Waals surface area contributed by atoms with Gasteiger partial charge in [0.2, 0.25) is 11.8 Å². The fourth-order valence-electron chi connectivity index (χ4n) is 2.84. The monoisotopic (exact) mass is 274 g/mol. The maximum absolute atomic E-state index is 12.1. The molecule has 0 unspecified atom stereocenters. The highest BCUT2D eigenvalue weighted by molar-refractivity contribution is 5.97. The number of nitrogens with one attached hydrogen (secondary N) is 1. The zero-order valence-corrected chi connectivity index (χ0v) is 11.5. The van der Waals surface area contributed by atoms with Crippen LogP contribution in [0.3, 0.4) is 0 Å². The van der Waals surface area contributed by atoms with Gasteiger partial charge in [-0.3, -0.25) is 19.5 Å². The molecule has 1 N–H and O–H groups in total. The zero-order valence-electron chi connectivity index (χ0n) is 11.5. The van der Waals surface area contributed by atoms with Gasteiger partial charge in [0.05, 0.1) is 0 Å². The van der Waals surface area contributed by atoms with Crippen molar-refractivity contribution in [3.63, 3.8) is 0 Å². The molecule has 0 aromatic carbocycles. The minimum absolute atomic E-state index is 0.0261. The molecule has 0 aliphatic carbocycles. The van der Waals surface area contributed by atoms with Crippen molar-refractivity contribution >= 4 is 11.8 Å². The van der Waals surface area contributed by atoms with Crippen LogP contribution in [-0.2, 0) is 16.1 Å². The average molecular weight is 274 g/mol. The quantitative estimate of drug-likeness (QED) is 0.798. The Bertz CT molecular complexity index is 519. The first-order valence-corrected chi connectivity index (χ1v) is 6.87. The first-order valence-electron chi connectivity index (χ1n) is 6.87. The number of carbonyl (C=O) groups is 2. The molecule has 0 radical (unpaired) electrons. The van der Waals surface area contributed by atoms with E-state index in [9.17, 15) is 9.59 Å². The van der Waals surface area contributed by atoms with Crippen LogP contribution in [0.2, 0.25) is 0 Å². The van der Waals surface area contributed by atoms with E-state index < -0.39 is 6.04 Å². The SMILES string of the molecule is C[C@@H]1NC(=O)[C@H]2CN(Cc3ccncc3)CCN2C1=O. The first-order chi connectivity index (χ1) is 9.65. The minimum Gasteiger partial charge on any atom is -0.343 e. The molecule has 2 atom stereocenters. The van der Waals surface area contributed by atoms with E-state index in [2.05, 4.69) is 15.2 Å². The van der Waals surface area contributed by atoms with Crippen molar-refractivity contribution in [2.24, 2.45) is 0 Å². The number of pyridine rings is 1. The average Bonchev–Trinajstić information content (AvgIpc) is 2.46. The Hall–Kier alpha value is -1.95. The molecule has 2 fully saturated rings. The maximum atomic E-state index is 12.1. The van der Waals surface area contributed by atoms with Crippen LogP contribution in [0.5, 0.6) is 0 Å². The van der Waals surface area contributed by atoms with E-state index in [0.717, 1.165) is 13.1 Å². The molecule has 2 amide bonds. The Morgan fingerprint density at radius 3 is 2.80 bits per heavy atom. The summed E-state index contributed by atoms with van der Waals surface area (Å²) in [7, 11) is 0. The molecule has 2 aliphatic heterocycles. The summed E-state index contributed by atoms with van der Waals surface area (Å²) in [5.74, 6) is -0.0188. The molecule has 2 aliphatic rings. The Morgan fingerprint density at radius 1 is 1.30 bits per heavy atom. The predicted octanol–water partition coefficient (Wildman–Crippen LogP) is -0.387. The third-order valence-electron chi connectivity index (χ3n) is 3.93. The molecule has 3 heterocycles. The summed E-state index contributed by atoms with van der Waals surface area (Å²) in [6.45, 7) is 4.52. The normalized spacial score (nSPS) is 27.1. The molecular formula is C14H18N4O2.